The zero-order valence-corrected chi connectivity index (χ0v) is 15.8. The van der Waals surface area contributed by atoms with Crippen molar-refractivity contribution < 1.29 is 0 Å². The van der Waals surface area contributed by atoms with E-state index in [1.54, 1.807) is 0 Å². The molecule has 0 spiro atoms. The molecule has 1 atom stereocenters. The van der Waals surface area contributed by atoms with Crippen LogP contribution in [0.4, 0.5) is 5.69 Å². The molecule has 1 aliphatic rings. The first-order chi connectivity index (χ1) is 12.7. The molecule has 2 heterocycles. The molecule has 4 heteroatoms. The zero-order chi connectivity index (χ0) is 18.1. The lowest BCUT2D eigenvalue weighted by Gasteiger charge is -2.27. The maximum absolute atomic E-state index is 4.67. The summed E-state index contributed by atoms with van der Waals surface area (Å²) in [6, 6.07) is 17.6. The smallest absolute Gasteiger partial charge is 0.123 e. The van der Waals surface area contributed by atoms with Crippen LogP contribution >= 0.6 is 0 Å². The molecular formula is C22H26N4. The average Bonchev–Trinajstić information content (AvgIpc) is 3.09. The predicted octanol–water partition coefficient (Wildman–Crippen LogP) is 5.31. The van der Waals surface area contributed by atoms with E-state index < -0.39 is 0 Å². The Morgan fingerprint density at radius 3 is 2.50 bits per heavy atom. The van der Waals surface area contributed by atoms with Gasteiger partial charge in [-0.1, -0.05) is 67.9 Å². The highest BCUT2D eigenvalue weighted by atomic mass is 15.4. The van der Waals surface area contributed by atoms with Crippen LogP contribution in [-0.4, -0.2) is 22.0 Å². The molecule has 2 aromatic carbocycles. The van der Waals surface area contributed by atoms with Crippen LogP contribution in [0.5, 0.6) is 0 Å². The number of fused-ring (bicyclic) bond motifs is 5. The summed E-state index contributed by atoms with van der Waals surface area (Å²) in [6.45, 7) is 5.36. The van der Waals surface area contributed by atoms with Gasteiger partial charge in [-0.25, -0.2) is 4.68 Å². The molecule has 134 valence electrons. The van der Waals surface area contributed by atoms with Crippen molar-refractivity contribution in [2.75, 3.05) is 11.9 Å². The van der Waals surface area contributed by atoms with E-state index in [0.717, 1.165) is 37.1 Å². The largest absolute Gasteiger partial charge is 0.370 e. The standard InChI is InChI=1S/C22H26N4/c1-4-10-17(5-2)26-22-18-12-7-6-11-16(18)15-25(3)20-14-9-8-13-19(20)21(22)23-24-26/h6-9,11-14,17H,4-5,10,15H2,1-3H3. The molecule has 0 radical (unpaired) electrons. The van der Waals surface area contributed by atoms with Crippen molar-refractivity contribution in [3.8, 4) is 22.5 Å². The molecule has 0 bridgehead atoms. The van der Waals surface area contributed by atoms with Crippen molar-refractivity contribution in [3.63, 3.8) is 0 Å². The van der Waals surface area contributed by atoms with Crippen LogP contribution in [0.3, 0.4) is 0 Å². The predicted molar refractivity (Wildman–Crippen MR) is 107 cm³/mol. The first-order valence-electron chi connectivity index (χ1n) is 9.58. The van der Waals surface area contributed by atoms with Crippen molar-refractivity contribution in [3.05, 3.63) is 54.1 Å². The van der Waals surface area contributed by atoms with E-state index in [1.807, 2.05) is 0 Å². The van der Waals surface area contributed by atoms with Crippen LogP contribution < -0.4 is 4.90 Å². The Morgan fingerprint density at radius 1 is 1.00 bits per heavy atom. The van der Waals surface area contributed by atoms with Crippen LogP contribution in [0.1, 0.15) is 44.7 Å². The van der Waals surface area contributed by atoms with Gasteiger partial charge in [-0.05, 0) is 24.5 Å². The highest BCUT2D eigenvalue weighted by molar-refractivity contribution is 5.87. The summed E-state index contributed by atoms with van der Waals surface area (Å²) in [5, 5.41) is 9.31. The molecule has 0 saturated carbocycles. The molecule has 0 N–H and O–H groups in total. The summed E-state index contributed by atoms with van der Waals surface area (Å²) in [4.78, 5) is 2.31. The van der Waals surface area contributed by atoms with Crippen LogP contribution in [-0.2, 0) is 6.54 Å². The maximum atomic E-state index is 4.67. The van der Waals surface area contributed by atoms with Crippen molar-refractivity contribution in [1.82, 2.24) is 15.0 Å². The minimum atomic E-state index is 0.383. The third-order valence-corrected chi connectivity index (χ3v) is 5.38. The number of anilines is 1. The van der Waals surface area contributed by atoms with E-state index in [4.69, 9.17) is 0 Å². The summed E-state index contributed by atoms with van der Waals surface area (Å²) in [6.07, 6.45) is 3.33. The summed E-state index contributed by atoms with van der Waals surface area (Å²) < 4.78 is 2.18. The second-order valence-corrected chi connectivity index (χ2v) is 7.11. The third kappa shape index (κ3) is 2.70. The fraction of sp³-hybridized carbons (Fsp3) is 0.364. The van der Waals surface area contributed by atoms with Gasteiger partial charge in [0.15, 0.2) is 0 Å². The lowest BCUT2D eigenvalue weighted by atomic mass is 9.95. The van der Waals surface area contributed by atoms with E-state index in [1.165, 1.54) is 22.5 Å². The topological polar surface area (TPSA) is 34.0 Å². The number of hydrogen-bond acceptors (Lipinski definition) is 3. The number of hydrogen-bond donors (Lipinski definition) is 0. The number of para-hydroxylation sites is 1. The van der Waals surface area contributed by atoms with Crippen LogP contribution in [0, 0.1) is 0 Å². The van der Waals surface area contributed by atoms with Gasteiger partial charge >= 0.3 is 0 Å². The SMILES string of the molecule is CCCC(CC)n1nnc2c1-c1ccccc1CN(C)c1ccccc1-2. The van der Waals surface area contributed by atoms with Crippen molar-refractivity contribution in [2.24, 2.45) is 0 Å². The Labute approximate surface area is 155 Å². The van der Waals surface area contributed by atoms with Gasteiger partial charge in [0.05, 0.1) is 11.7 Å². The van der Waals surface area contributed by atoms with Gasteiger partial charge in [0.2, 0.25) is 0 Å². The lowest BCUT2D eigenvalue weighted by Crippen LogP contribution is -2.20. The number of aromatic nitrogens is 3. The minimum Gasteiger partial charge on any atom is -0.370 e. The summed E-state index contributed by atoms with van der Waals surface area (Å²) in [5.41, 5.74) is 7.11. The second-order valence-electron chi connectivity index (χ2n) is 7.11. The molecule has 3 aromatic rings. The van der Waals surface area contributed by atoms with Gasteiger partial charge in [0, 0.05) is 30.4 Å². The molecule has 0 fully saturated rings. The molecule has 0 aliphatic carbocycles. The van der Waals surface area contributed by atoms with Gasteiger partial charge in [-0.15, -0.1) is 5.10 Å². The highest BCUT2D eigenvalue weighted by Gasteiger charge is 2.27. The molecule has 4 rings (SSSR count). The highest BCUT2D eigenvalue weighted by Crippen LogP contribution is 2.41. The Balaban J connectivity index is 2.02. The summed E-state index contributed by atoms with van der Waals surface area (Å²) in [5.74, 6) is 0. The Hall–Kier alpha value is -2.62. The van der Waals surface area contributed by atoms with Gasteiger partial charge in [-0.2, -0.15) is 0 Å². The second kappa shape index (κ2) is 6.94. The van der Waals surface area contributed by atoms with Crippen LogP contribution in [0.15, 0.2) is 48.5 Å². The quantitative estimate of drug-likeness (QED) is 0.642. The van der Waals surface area contributed by atoms with E-state index in [-0.39, 0.29) is 0 Å². The fourth-order valence-electron chi connectivity index (χ4n) is 4.05. The minimum absolute atomic E-state index is 0.383. The lowest BCUT2D eigenvalue weighted by molar-refractivity contribution is 0.403. The third-order valence-electron chi connectivity index (χ3n) is 5.38. The van der Waals surface area contributed by atoms with E-state index in [0.29, 0.717) is 6.04 Å². The van der Waals surface area contributed by atoms with Gasteiger partial charge in [0.1, 0.15) is 5.69 Å². The molecule has 1 unspecified atom stereocenters. The fourth-order valence-corrected chi connectivity index (χ4v) is 4.05. The van der Waals surface area contributed by atoms with Gasteiger partial charge < -0.3 is 4.90 Å². The number of benzene rings is 2. The maximum Gasteiger partial charge on any atom is 0.123 e. The van der Waals surface area contributed by atoms with E-state index in [2.05, 4.69) is 89.3 Å². The van der Waals surface area contributed by atoms with Crippen LogP contribution in [0.2, 0.25) is 0 Å². The molecule has 0 saturated heterocycles. The van der Waals surface area contributed by atoms with Gasteiger partial charge in [-0.3, -0.25) is 0 Å². The first kappa shape index (κ1) is 16.8. The number of nitrogens with zero attached hydrogens (tertiary/aromatic N) is 4. The van der Waals surface area contributed by atoms with Crippen molar-refractivity contribution >= 4 is 5.69 Å². The van der Waals surface area contributed by atoms with E-state index >= 15 is 0 Å². The van der Waals surface area contributed by atoms with Crippen LogP contribution in [0.25, 0.3) is 22.5 Å². The summed E-state index contributed by atoms with van der Waals surface area (Å²) in [7, 11) is 2.15. The Morgan fingerprint density at radius 2 is 1.73 bits per heavy atom. The summed E-state index contributed by atoms with van der Waals surface area (Å²) >= 11 is 0. The molecule has 26 heavy (non-hydrogen) atoms. The van der Waals surface area contributed by atoms with Crippen molar-refractivity contribution in [2.45, 2.75) is 45.7 Å². The molecule has 1 aliphatic heterocycles. The average molecular weight is 346 g/mol. The molecule has 4 nitrogen and oxygen atoms in total. The Bertz CT molecular complexity index is 912. The van der Waals surface area contributed by atoms with Gasteiger partial charge in [0.25, 0.3) is 0 Å². The number of rotatable bonds is 4. The van der Waals surface area contributed by atoms with E-state index in [9.17, 15) is 0 Å². The molecular weight excluding hydrogens is 320 g/mol. The zero-order valence-electron chi connectivity index (χ0n) is 15.8. The normalized spacial score (nSPS) is 14.0. The first-order valence-corrected chi connectivity index (χ1v) is 9.58. The molecule has 1 aromatic heterocycles. The Kier molecular flexibility index (Phi) is 4.49. The van der Waals surface area contributed by atoms with Crippen molar-refractivity contribution in [1.29, 1.82) is 0 Å². The monoisotopic (exact) mass is 346 g/mol. The molecule has 0 amide bonds.